The van der Waals surface area contributed by atoms with Gasteiger partial charge in [0.25, 0.3) is 11.6 Å². The number of benzene rings is 2. The zero-order valence-corrected chi connectivity index (χ0v) is 15.1. The van der Waals surface area contributed by atoms with Crippen LogP contribution in [0, 0.1) is 10.1 Å². The average Bonchev–Trinajstić information content (AvgIpc) is 2.69. The normalized spacial score (nSPS) is 13.9. The van der Waals surface area contributed by atoms with E-state index in [9.17, 15) is 14.9 Å². The Hall–Kier alpha value is -2.84. The van der Waals surface area contributed by atoms with Crippen LogP contribution in [0.25, 0.3) is 0 Å². The Morgan fingerprint density at radius 1 is 1.26 bits per heavy atom. The molecule has 142 valence electrons. The predicted molar refractivity (Wildman–Crippen MR) is 102 cm³/mol. The van der Waals surface area contributed by atoms with Crippen molar-refractivity contribution in [2.75, 3.05) is 43.1 Å². The molecule has 1 aliphatic rings. The van der Waals surface area contributed by atoms with E-state index in [1.165, 1.54) is 12.1 Å². The molecule has 3 rings (SSSR count). The number of hydrogen-bond donors (Lipinski definition) is 1. The zero-order valence-electron chi connectivity index (χ0n) is 14.4. The molecule has 1 aliphatic heterocycles. The number of halogens is 1. The number of carbonyl (C=O) groups is 1. The first-order valence-electron chi connectivity index (χ1n) is 8.33. The van der Waals surface area contributed by atoms with Crippen molar-refractivity contribution in [2.24, 2.45) is 0 Å². The summed E-state index contributed by atoms with van der Waals surface area (Å²) in [5, 5.41) is 14.1. The summed E-state index contributed by atoms with van der Waals surface area (Å²) in [5.41, 5.74) is 0.581. The van der Waals surface area contributed by atoms with Gasteiger partial charge < -0.3 is 19.7 Å². The van der Waals surface area contributed by atoms with Crippen LogP contribution in [-0.4, -0.2) is 43.7 Å². The number of nitro groups is 1. The molecule has 0 radical (unpaired) electrons. The van der Waals surface area contributed by atoms with Gasteiger partial charge in [-0.1, -0.05) is 29.8 Å². The Morgan fingerprint density at radius 2 is 1.96 bits per heavy atom. The molecule has 8 nitrogen and oxygen atoms in total. The van der Waals surface area contributed by atoms with E-state index in [2.05, 4.69) is 5.32 Å². The maximum Gasteiger partial charge on any atom is 0.294 e. The number of hydrogen-bond acceptors (Lipinski definition) is 6. The Morgan fingerprint density at radius 3 is 2.63 bits per heavy atom. The van der Waals surface area contributed by atoms with Crippen molar-refractivity contribution in [3.05, 3.63) is 57.6 Å². The molecule has 0 unspecified atom stereocenters. The van der Waals surface area contributed by atoms with E-state index in [4.69, 9.17) is 21.1 Å². The van der Waals surface area contributed by atoms with Crippen LogP contribution in [0.15, 0.2) is 42.5 Å². The second kappa shape index (κ2) is 8.70. The lowest BCUT2D eigenvalue weighted by Crippen LogP contribution is -2.36. The summed E-state index contributed by atoms with van der Waals surface area (Å²) in [6.07, 6.45) is 0. The smallest absolute Gasteiger partial charge is 0.294 e. The summed E-state index contributed by atoms with van der Waals surface area (Å²) in [6.45, 7) is 1.79. The van der Waals surface area contributed by atoms with Crippen LogP contribution in [0.3, 0.4) is 0 Å². The molecule has 0 spiro atoms. The lowest BCUT2D eigenvalue weighted by Gasteiger charge is -2.29. The fraction of sp³-hybridized carbons (Fsp3) is 0.278. The van der Waals surface area contributed by atoms with E-state index < -0.39 is 10.8 Å². The van der Waals surface area contributed by atoms with Gasteiger partial charge in [0.05, 0.1) is 28.8 Å². The van der Waals surface area contributed by atoms with E-state index >= 15 is 0 Å². The second-order valence-electron chi connectivity index (χ2n) is 5.83. The first-order chi connectivity index (χ1) is 13.0. The van der Waals surface area contributed by atoms with Gasteiger partial charge in [-0.3, -0.25) is 14.9 Å². The summed E-state index contributed by atoms with van der Waals surface area (Å²) in [6, 6.07) is 11.7. The number of nitrogens with one attached hydrogen (secondary N) is 1. The Labute approximate surface area is 160 Å². The van der Waals surface area contributed by atoms with Gasteiger partial charge in [-0.2, -0.15) is 0 Å². The fourth-order valence-corrected chi connectivity index (χ4v) is 2.91. The highest BCUT2D eigenvalue weighted by Gasteiger charge is 2.24. The quantitative estimate of drug-likeness (QED) is 0.600. The number of nitro benzene ring substituents is 1. The number of rotatable bonds is 6. The van der Waals surface area contributed by atoms with Crippen LogP contribution >= 0.6 is 11.6 Å². The van der Waals surface area contributed by atoms with Gasteiger partial charge >= 0.3 is 0 Å². The molecule has 27 heavy (non-hydrogen) atoms. The van der Waals surface area contributed by atoms with Crippen molar-refractivity contribution in [3.8, 4) is 5.75 Å². The molecular formula is C18H18ClN3O5. The monoisotopic (exact) mass is 391 g/mol. The Balaban J connectivity index is 1.76. The predicted octanol–water partition coefficient (Wildman–Crippen LogP) is 3.10. The lowest BCUT2D eigenvalue weighted by molar-refractivity contribution is -0.384. The van der Waals surface area contributed by atoms with Crippen molar-refractivity contribution in [3.63, 3.8) is 0 Å². The first kappa shape index (κ1) is 18.9. The van der Waals surface area contributed by atoms with E-state index in [0.717, 1.165) is 0 Å². The van der Waals surface area contributed by atoms with E-state index in [0.29, 0.717) is 43.4 Å². The third kappa shape index (κ3) is 4.87. The van der Waals surface area contributed by atoms with Gasteiger partial charge in [-0.15, -0.1) is 0 Å². The molecule has 0 aromatic heterocycles. The van der Waals surface area contributed by atoms with Crippen LogP contribution < -0.4 is 15.0 Å². The average molecular weight is 392 g/mol. The minimum absolute atomic E-state index is 0.0896. The Kier molecular flexibility index (Phi) is 6.10. The first-order valence-corrected chi connectivity index (χ1v) is 8.70. The Bertz CT molecular complexity index is 825. The molecular weight excluding hydrogens is 374 g/mol. The SMILES string of the molecule is O=C(COc1ccccc1)Nc1cc(N2CCOCC2)c([N+](=O)[O-])cc1Cl. The summed E-state index contributed by atoms with van der Waals surface area (Å²) < 4.78 is 10.7. The molecule has 1 saturated heterocycles. The minimum Gasteiger partial charge on any atom is -0.484 e. The highest BCUT2D eigenvalue weighted by atomic mass is 35.5. The number of amides is 1. The molecule has 1 heterocycles. The molecule has 9 heteroatoms. The maximum absolute atomic E-state index is 12.2. The number of morpholine rings is 1. The second-order valence-corrected chi connectivity index (χ2v) is 6.23. The van der Waals surface area contributed by atoms with Gasteiger partial charge in [0.15, 0.2) is 6.61 Å². The van der Waals surface area contributed by atoms with Crippen LogP contribution in [0.4, 0.5) is 17.1 Å². The highest BCUT2D eigenvalue weighted by molar-refractivity contribution is 6.34. The summed E-state index contributed by atoms with van der Waals surface area (Å²) in [4.78, 5) is 24.9. The van der Waals surface area contributed by atoms with Crippen molar-refractivity contribution in [1.29, 1.82) is 0 Å². The maximum atomic E-state index is 12.2. The van der Waals surface area contributed by atoms with Crippen molar-refractivity contribution in [1.82, 2.24) is 0 Å². The molecule has 1 fully saturated rings. The number of ether oxygens (including phenoxy) is 2. The third-order valence-corrected chi connectivity index (χ3v) is 4.31. The molecule has 0 atom stereocenters. The fourth-order valence-electron chi connectivity index (χ4n) is 2.70. The molecule has 2 aromatic carbocycles. The number of carbonyl (C=O) groups excluding carboxylic acids is 1. The summed E-state index contributed by atoms with van der Waals surface area (Å²) in [7, 11) is 0. The van der Waals surface area contributed by atoms with Crippen LogP contribution in [0.2, 0.25) is 5.02 Å². The van der Waals surface area contributed by atoms with Crippen molar-refractivity contribution < 1.29 is 19.2 Å². The van der Waals surface area contributed by atoms with Gasteiger partial charge in [-0.05, 0) is 18.2 Å². The molecule has 1 N–H and O–H groups in total. The van der Waals surface area contributed by atoms with Crippen LogP contribution in [0.5, 0.6) is 5.75 Å². The summed E-state index contributed by atoms with van der Waals surface area (Å²) in [5.74, 6) is 0.152. The van der Waals surface area contributed by atoms with Crippen LogP contribution in [-0.2, 0) is 9.53 Å². The van der Waals surface area contributed by atoms with Gasteiger partial charge in [-0.25, -0.2) is 0 Å². The van der Waals surface area contributed by atoms with Gasteiger partial charge in [0, 0.05) is 19.2 Å². The standard InChI is InChI=1S/C18H18ClN3O5/c19-14-10-17(22(24)25)16(21-6-8-26-9-7-21)11-15(14)20-18(23)12-27-13-4-2-1-3-5-13/h1-5,10-11H,6-9,12H2,(H,20,23). The number of nitrogens with zero attached hydrogens (tertiary/aromatic N) is 2. The number of para-hydroxylation sites is 1. The number of anilines is 2. The topological polar surface area (TPSA) is 93.9 Å². The molecule has 1 amide bonds. The third-order valence-electron chi connectivity index (χ3n) is 4.00. The molecule has 0 aliphatic carbocycles. The molecule has 0 saturated carbocycles. The molecule has 2 aromatic rings. The van der Waals surface area contributed by atoms with E-state index in [1.54, 1.807) is 24.3 Å². The van der Waals surface area contributed by atoms with E-state index in [1.807, 2.05) is 11.0 Å². The van der Waals surface area contributed by atoms with Crippen molar-refractivity contribution >= 4 is 34.6 Å². The van der Waals surface area contributed by atoms with Crippen molar-refractivity contribution in [2.45, 2.75) is 0 Å². The molecule has 0 bridgehead atoms. The summed E-state index contributed by atoms with van der Waals surface area (Å²) >= 11 is 6.14. The van der Waals surface area contributed by atoms with Crippen LogP contribution in [0.1, 0.15) is 0 Å². The van der Waals surface area contributed by atoms with Gasteiger partial charge in [0.2, 0.25) is 0 Å². The zero-order chi connectivity index (χ0) is 19.2. The largest absolute Gasteiger partial charge is 0.484 e. The van der Waals surface area contributed by atoms with Gasteiger partial charge in [0.1, 0.15) is 11.4 Å². The minimum atomic E-state index is -0.485. The lowest BCUT2D eigenvalue weighted by atomic mass is 10.2. The highest BCUT2D eigenvalue weighted by Crippen LogP contribution is 2.37. The van der Waals surface area contributed by atoms with E-state index in [-0.39, 0.29) is 17.3 Å².